The van der Waals surface area contributed by atoms with Gasteiger partial charge in [0, 0.05) is 18.6 Å². The Balaban J connectivity index is 2.38. The lowest BCUT2D eigenvalue weighted by atomic mass is 9.99. The molecule has 0 aromatic rings. The van der Waals surface area contributed by atoms with Crippen LogP contribution < -0.4 is 10.6 Å². The predicted octanol–water partition coefficient (Wildman–Crippen LogP) is 2.61. The molecule has 0 aliphatic carbocycles. The Morgan fingerprint density at radius 3 is 2.32 bits per heavy atom. The van der Waals surface area contributed by atoms with Crippen LogP contribution in [-0.2, 0) is 4.74 Å². The molecule has 5 nitrogen and oxygen atoms in total. The van der Waals surface area contributed by atoms with Crippen LogP contribution in [0, 0.1) is 5.92 Å². The van der Waals surface area contributed by atoms with Gasteiger partial charge in [0.2, 0.25) is 0 Å². The third kappa shape index (κ3) is 7.45. The van der Waals surface area contributed by atoms with Crippen molar-refractivity contribution in [2.75, 3.05) is 26.2 Å². The minimum absolute atomic E-state index is 0.283. The van der Waals surface area contributed by atoms with Gasteiger partial charge in [0.1, 0.15) is 5.60 Å². The van der Waals surface area contributed by atoms with Gasteiger partial charge in [-0.1, -0.05) is 20.8 Å². The highest BCUT2D eigenvalue weighted by Crippen LogP contribution is 2.13. The zero-order chi connectivity index (χ0) is 16.8. The third-order valence-corrected chi connectivity index (χ3v) is 4.15. The molecule has 1 fully saturated rings. The van der Waals surface area contributed by atoms with Crippen molar-refractivity contribution >= 4 is 6.09 Å². The molecule has 0 radical (unpaired) electrons. The quantitative estimate of drug-likeness (QED) is 0.791. The highest BCUT2D eigenvalue weighted by atomic mass is 16.6. The van der Waals surface area contributed by atoms with Crippen LogP contribution in [0.2, 0.25) is 0 Å². The number of nitrogens with one attached hydrogen (secondary N) is 2. The summed E-state index contributed by atoms with van der Waals surface area (Å²) >= 11 is 0. The van der Waals surface area contributed by atoms with Gasteiger partial charge in [-0.3, -0.25) is 0 Å². The largest absolute Gasteiger partial charge is 0.444 e. The Labute approximate surface area is 136 Å². The van der Waals surface area contributed by atoms with Crippen LogP contribution in [0.25, 0.3) is 0 Å². The van der Waals surface area contributed by atoms with E-state index in [0.717, 1.165) is 6.54 Å². The van der Waals surface area contributed by atoms with Crippen LogP contribution in [0.3, 0.4) is 0 Å². The van der Waals surface area contributed by atoms with Crippen LogP contribution >= 0.6 is 0 Å². The summed E-state index contributed by atoms with van der Waals surface area (Å²) in [4.78, 5) is 14.3. The Bertz CT molecular complexity index is 331. The number of alkyl carbamates (subject to hydrolysis) is 1. The number of piperidine rings is 1. The van der Waals surface area contributed by atoms with E-state index >= 15 is 0 Å². The highest BCUT2D eigenvalue weighted by Gasteiger charge is 2.23. The molecule has 0 bridgehead atoms. The molecule has 0 saturated carbocycles. The van der Waals surface area contributed by atoms with Crippen LogP contribution in [-0.4, -0.2) is 54.9 Å². The lowest BCUT2D eigenvalue weighted by Gasteiger charge is -2.35. The molecule has 1 heterocycles. The number of ether oxygens (including phenoxy) is 1. The van der Waals surface area contributed by atoms with Crippen molar-refractivity contribution in [1.82, 2.24) is 15.5 Å². The normalized spacial score (nSPS) is 19.2. The molecule has 1 atom stereocenters. The second-order valence-electron chi connectivity index (χ2n) is 7.61. The van der Waals surface area contributed by atoms with E-state index in [1.165, 1.54) is 25.9 Å². The van der Waals surface area contributed by atoms with Gasteiger partial charge in [0.05, 0.1) is 0 Å². The van der Waals surface area contributed by atoms with E-state index in [1.54, 1.807) is 0 Å². The molecule has 2 N–H and O–H groups in total. The van der Waals surface area contributed by atoms with Crippen LogP contribution in [0.5, 0.6) is 0 Å². The molecule has 0 spiro atoms. The summed E-state index contributed by atoms with van der Waals surface area (Å²) in [5.41, 5.74) is -0.447. The van der Waals surface area contributed by atoms with Gasteiger partial charge in [-0.15, -0.1) is 0 Å². The maximum Gasteiger partial charge on any atom is 0.407 e. The second-order valence-corrected chi connectivity index (χ2v) is 7.61. The molecule has 1 saturated heterocycles. The molecule has 1 amide bonds. The van der Waals surface area contributed by atoms with Crippen molar-refractivity contribution in [3.05, 3.63) is 0 Å². The second kappa shape index (κ2) is 8.73. The topological polar surface area (TPSA) is 53.6 Å². The highest BCUT2D eigenvalue weighted by molar-refractivity contribution is 5.67. The number of carbonyl (C=O) groups excluding carboxylic acids is 1. The summed E-state index contributed by atoms with van der Waals surface area (Å²) in [5.74, 6) is 0.471. The summed E-state index contributed by atoms with van der Waals surface area (Å²) in [5, 5.41) is 6.62. The average molecular weight is 313 g/mol. The van der Waals surface area contributed by atoms with E-state index in [2.05, 4.69) is 36.3 Å². The number of amides is 1. The van der Waals surface area contributed by atoms with E-state index in [1.807, 2.05) is 20.8 Å². The van der Waals surface area contributed by atoms with Crippen molar-refractivity contribution in [2.24, 2.45) is 5.92 Å². The van der Waals surface area contributed by atoms with Crippen molar-refractivity contribution in [3.63, 3.8) is 0 Å². The summed E-state index contributed by atoms with van der Waals surface area (Å²) in [6.07, 6.45) is 2.04. The van der Waals surface area contributed by atoms with Gasteiger partial charge in [0.15, 0.2) is 0 Å². The molecule has 1 rings (SSSR count). The van der Waals surface area contributed by atoms with Crippen LogP contribution in [0.4, 0.5) is 4.79 Å². The van der Waals surface area contributed by atoms with Gasteiger partial charge in [-0.25, -0.2) is 4.79 Å². The van der Waals surface area contributed by atoms with Gasteiger partial charge in [-0.2, -0.15) is 0 Å². The number of hydrogen-bond donors (Lipinski definition) is 2. The summed E-state index contributed by atoms with van der Waals surface area (Å²) in [6, 6.07) is 0.835. The van der Waals surface area contributed by atoms with Crippen molar-refractivity contribution in [3.8, 4) is 0 Å². The van der Waals surface area contributed by atoms with Crippen LogP contribution in [0.15, 0.2) is 0 Å². The van der Waals surface area contributed by atoms with Crippen LogP contribution in [0.1, 0.15) is 54.4 Å². The molecule has 130 valence electrons. The minimum Gasteiger partial charge on any atom is -0.444 e. The fourth-order valence-electron chi connectivity index (χ4n) is 2.71. The SMILES string of the molecule is CCN1CCC(NC(CNC(=O)OC(C)(C)C)C(C)C)CC1. The van der Waals surface area contributed by atoms with Crippen molar-refractivity contribution in [1.29, 1.82) is 0 Å². The number of hydrogen-bond acceptors (Lipinski definition) is 4. The fraction of sp³-hybridized carbons (Fsp3) is 0.941. The minimum atomic E-state index is -0.447. The molecular weight excluding hydrogens is 278 g/mol. The molecule has 1 aliphatic rings. The van der Waals surface area contributed by atoms with Gasteiger partial charge in [0.25, 0.3) is 0 Å². The maximum absolute atomic E-state index is 11.8. The Hall–Kier alpha value is -0.810. The zero-order valence-electron chi connectivity index (χ0n) is 15.2. The summed E-state index contributed by atoms with van der Waals surface area (Å²) in [7, 11) is 0. The van der Waals surface area contributed by atoms with E-state index in [4.69, 9.17) is 4.74 Å². The van der Waals surface area contributed by atoms with Gasteiger partial charge < -0.3 is 20.3 Å². The number of carbonyl (C=O) groups is 1. The molecule has 1 aliphatic heterocycles. The first-order chi connectivity index (χ1) is 10.2. The lowest BCUT2D eigenvalue weighted by Crippen LogP contribution is -2.52. The smallest absolute Gasteiger partial charge is 0.407 e. The summed E-state index contributed by atoms with van der Waals surface area (Å²) in [6.45, 7) is 16.3. The predicted molar refractivity (Wildman–Crippen MR) is 91.1 cm³/mol. The Morgan fingerprint density at radius 2 is 1.86 bits per heavy atom. The van der Waals surface area contributed by atoms with Gasteiger partial charge in [-0.05, 0) is 59.2 Å². The third-order valence-electron chi connectivity index (χ3n) is 4.15. The Morgan fingerprint density at radius 1 is 1.27 bits per heavy atom. The first-order valence-corrected chi connectivity index (χ1v) is 8.66. The van der Waals surface area contributed by atoms with Crippen molar-refractivity contribution < 1.29 is 9.53 Å². The molecule has 0 aromatic carbocycles. The molecule has 5 heteroatoms. The standard InChI is InChI=1S/C17H35N3O2/c1-7-20-10-8-14(9-11-20)19-15(13(2)3)12-18-16(21)22-17(4,5)6/h13-15,19H,7-12H2,1-6H3,(H,18,21). The molecule has 1 unspecified atom stereocenters. The first kappa shape index (κ1) is 19.2. The maximum atomic E-state index is 11.8. The van der Waals surface area contributed by atoms with E-state index in [-0.39, 0.29) is 12.1 Å². The Kier molecular flexibility index (Phi) is 7.63. The molecule has 0 aromatic heterocycles. The first-order valence-electron chi connectivity index (χ1n) is 8.66. The van der Waals surface area contributed by atoms with E-state index < -0.39 is 5.60 Å². The average Bonchev–Trinajstić information content (AvgIpc) is 2.41. The van der Waals surface area contributed by atoms with Gasteiger partial charge >= 0.3 is 6.09 Å². The molecular formula is C17H35N3O2. The lowest BCUT2D eigenvalue weighted by molar-refractivity contribution is 0.0517. The van der Waals surface area contributed by atoms with E-state index in [9.17, 15) is 4.79 Å². The molecule has 22 heavy (non-hydrogen) atoms. The number of nitrogens with zero attached hydrogens (tertiary/aromatic N) is 1. The fourth-order valence-corrected chi connectivity index (χ4v) is 2.71. The summed E-state index contributed by atoms with van der Waals surface area (Å²) < 4.78 is 5.30. The van der Waals surface area contributed by atoms with Crippen molar-refractivity contribution in [2.45, 2.75) is 72.1 Å². The number of rotatable bonds is 6. The monoisotopic (exact) mass is 313 g/mol. The zero-order valence-corrected chi connectivity index (χ0v) is 15.2. The van der Waals surface area contributed by atoms with E-state index in [0.29, 0.717) is 18.5 Å². The number of likely N-dealkylation sites (tertiary alicyclic amines) is 1.